The number of hydrogen-bond donors (Lipinski definition) is 3. The van der Waals surface area contributed by atoms with Gasteiger partial charge < -0.3 is 16.8 Å². The normalized spacial score (nSPS) is 19.2. The maximum absolute atomic E-state index is 13.5. The number of nitrogens with one attached hydrogen (secondary N) is 1. The Kier molecular flexibility index (Phi) is 8.71. The van der Waals surface area contributed by atoms with Crippen molar-refractivity contribution in [2.75, 3.05) is 24.3 Å². The van der Waals surface area contributed by atoms with E-state index >= 15 is 0 Å². The van der Waals surface area contributed by atoms with Crippen LogP contribution in [0.15, 0.2) is 82.1 Å². The lowest BCUT2D eigenvalue weighted by atomic mass is 9.77. The van der Waals surface area contributed by atoms with Crippen LogP contribution < -0.4 is 16.8 Å². The Bertz CT molecular complexity index is 1390. The fraction of sp³-hybridized carbons (Fsp3) is 0.355. The molecular formula is C31H35N7O2. The number of aromatic nitrogens is 1. The van der Waals surface area contributed by atoms with E-state index in [0.717, 1.165) is 47.9 Å². The molecule has 5 rings (SSSR count). The molecule has 0 unspecified atom stereocenters. The van der Waals surface area contributed by atoms with Crippen molar-refractivity contribution >= 4 is 29.0 Å². The topological polar surface area (TPSA) is 148 Å². The minimum Gasteiger partial charge on any atom is -0.383 e. The number of benzene rings is 2. The number of anilines is 2. The van der Waals surface area contributed by atoms with Crippen molar-refractivity contribution in [2.45, 2.75) is 38.5 Å². The lowest BCUT2D eigenvalue weighted by molar-refractivity contribution is -0.129. The Morgan fingerprint density at radius 2 is 1.68 bits per heavy atom. The van der Waals surface area contributed by atoms with Crippen LogP contribution in [0.4, 0.5) is 11.5 Å². The number of nitrogens with two attached hydrogens (primary N) is 2. The van der Waals surface area contributed by atoms with Crippen molar-refractivity contribution in [1.29, 1.82) is 0 Å². The number of rotatable bonds is 10. The smallest absolute Gasteiger partial charge is 0.228 e. The third kappa shape index (κ3) is 6.66. The van der Waals surface area contributed by atoms with Gasteiger partial charge in [-0.2, -0.15) is 5.11 Å². The molecule has 1 fully saturated rings. The Hall–Kier alpha value is -4.24. The summed E-state index contributed by atoms with van der Waals surface area (Å²) in [5, 5.41) is 10.9. The highest BCUT2D eigenvalue weighted by Crippen LogP contribution is 2.31. The molecule has 1 amide bonds. The van der Waals surface area contributed by atoms with Crippen LogP contribution in [0.3, 0.4) is 0 Å². The number of amidine groups is 1. The van der Waals surface area contributed by atoms with E-state index in [2.05, 4.69) is 25.5 Å². The van der Waals surface area contributed by atoms with E-state index in [1.807, 2.05) is 60.7 Å². The first kappa shape index (κ1) is 27.3. The summed E-state index contributed by atoms with van der Waals surface area (Å²) in [5.74, 6) is 1.04. The van der Waals surface area contributed by atoms with E-state index < -0.39 is 5.92 Å². The number of nitrogens with zero attached hydrogens (tertiary/aromatic N) is 4. The van der Waals surface area contributed by atoms with Gasteiger partial charge in [-0.25, -0.2) is 9.98 Å². The van der Waals surface area contributed by atoms with Gasteiger partial charge in [0.2, 0.25) is 5.91 Å². The maximum atomic E-state index is 13.5. The van der Waals surface area contributed by atoms with Gasteiger partial charge in [0.05, 0.1) is 0 Å². The highest BCUT2D eigenvalue weighted by Gasteiger charge is 2.30. The van der Waals surface area contributed by atoms with E-state index in [1.165, 1.54) is 0 Å². The number of aliphatic imine (C=N–C) groups is 1. The fourth-order valence-electron chi connectivity index (χ4n) is 5.48. The predicted molar refractivity (Wildman–Crippen MR) is 157 cm³/mol. The third-order valence-electron chi connectivity index (χ3n) is 7.90. The van der Waals surface area contributed by atoms with E-state index in [4.69, 9.17) is 11.5 Å². The van der Waals surface area contributed by atoms with Crippen molar-refractivity contribution in [2.24, 2.45) is 38.7 Å². The molecule has 0 bridgehead atoms. The van der Waals surface area contributed by atoms with Crippen LogP contribution in [0.2, 0.25) is 0 Å². The summed E-state index contributed by atoms with van der Waals surface area (Å²) in [6.07, 6.45) is 5.96. The highest BCUT2D eigenvalue weighted by molar-refractivity contribution is 6.01. The van der Waals surface area contributed by atoms with E-state index in [9.17, 15) is 9.59 Å². The molecule has 1 aliphatic heterocycles. The van der Waals surface area contributed by atoms with E-state index in [1.54, 1.807) is 6.20 Å². The monoisotopic (exact) mass is 537 g/mol. The molecule has 2 heterocycles. The van der Waals surface area contributed by atoms with Crippen molar-refractivity contribution in [3.05, 3.63) is 78.0 Å². The summed E-state index contributed by atoms with van der Waals surface area (Å²) in [6, 6.07) is 19.1. The van der Waals surface area contributed by atoms with Gasteiger partial charge >= 0.3 is 0 Å². The number of pyridine rings is 1. The SMILES string of the molecule is NCC1CCC(C(=O)C[C@@H](Cc2ccc(-c3cccnc3N)cc2)C(=O)Nc2ccc(C3=NCN=N3)cc2)CC1. The van der Waals surface area contributed by atoms with Gasteiger partial charge in [-0.1, -0.05) is 24.3 Å². The van der Waals surface area contributed by atoms with Crippen LogP contribution in [0.1, 0.15) is 43.2 Å². The molecule has 9 nitrogen and oxygen atoms in total. The molecule has 40 heavy (non-hydrogen) atoms. The molecule has 0 radical (unpaired) electrons. The molecule has 1 aromatic heterocycles. The molecule has 0 saturated heterocycles. The molecule has 0 spiro atoms. The van der Waals surface area contributed by atoms with Crippen LogP contribution in [0.5, 0.6) is 0 Å². The molecule has 1 aliphatic carbocycles. The second-order valence-electron chi connectivity index (χ2n) is 10.6. The molecular weight excluding hydrogens is 502 g/mol. The Labute approximate surface area is 234 Å². The molecule has 5 N–H and O–H groups in total. The number of carbonyl (C=O) groups is 2. The number of hydrogen-bond acceptors (Lipinski definition) is 8. The second-order valence-corrected chi connectivity index (χ2v) is 10.6. The van der Waals surface area contributed by atoms with Gasteiger partial charge in [0.15, 0.2) is 12.5 Å². The average molecular weight is 538 g/mol. The molecule has 2 aromatic carbocycles. The summed E-state index contributed by atoms with van der Waals surface area (Å²) in [6.45, 7) is 1.01. The van der Waals surface area contributed by atoms with Crippen molar-refractivity contribution in [1.82, 2.24) is 4.98 Å². The number of azo groups is 1. The first-order chi connectivity index (χ1) is 19.5. The Morgan fingerprint density at radius 3 is 2.33 bits per heavy atom. The van der Waals surface area contributed by atoms with Gasteiger partial charge in [0, 0.05) is 41.3 Å². The molecule has 1 atom stereocenters. The first-order valence-corrected chi connectivity index (χ1v) is 13.9. The summed E-state index contributed by atoms with van der Waals surface area (Å²) in [5.41, 5.74) is 16.2. The van der Waals surface area contributed by atoms with Crippen LogP contribution in [-0.4, -0.2) is 35.7 Å². The van der Waals surface area contributed by atoms with Gasteiger partial charge in [0.1, 0.15) is 11.6 Å². The molecule has 9 heteroatoms. The van der Waals surface area contributed by atoms with Crippen LogP contribution >= 0.6 is 0 Å². The Morgan fingerprint density at radius 1 is 0.950 bits per heavy atom. The third-order valence-corrected chi connectivity index (χ3v) is 7.90. The van der Waals surface area contributed by atoms with Gasteiger partial charge in [0.25, 0.3) is 0 Å². The number of ketones is 1. The predicted octanol–water partition coefficient (Wildman–Crippen LogP) is 5.02. The Balaban J connectivity index is 1.30. The number of Topliss-reactive ketones (excluding diaryl/α,β-unsaturated/α-hetero) is 1. The minimum atomic E-state index is -0.498. The molecule has 2 aliphatic rings. The zero-order chi connectivity index (χ0) is 27.9. The number of carbonyl (C=O) groups excluding carboxylic acids is 2. The van der Waals surface area contributed by atoms with Gasteiger partial charge in [-0.15, -0.1) is 5.11 Å². The zero-order valence-electron chi connectivity index (χ0n) is 22.5. The van der Waals surface area contributed by atoms with Gasteiger partial charge in [-0.05, 0) is 92.1 Å². The van der Waals surface area contributed by atoms with Crippen LogP contribution in [0.25, 0.3) is 11.1 Å². The highest BCUT2D eigenvalue weighted by atomic mass is 16.2. The fourth-order valence-corrected chi connectivity index (χ4v) is 5.48. The molecule has 206 valence electrons. The number of nitrogen functional groups attached to an aromatic ring is 1. The summed E-state index contributed by atoms with van der Waals surface area (Å²) in [4.78, 5) is 35.3. The van der Waals surface area contributed by atoms with E-state index in [-0.39, 0.29) is 24.0 Å². The van der Waals surface area contributed by atoms with Crippen molar-refractivity contribution in [3.63, 3.8) is 0 Å². The minimum absolute atomic E-state index is 0.00494. The number of amides is 1. The standard InChI is InChI=1S/C31H35N7O2/c32-18-21-5-9-23(10-6-21)28(39)17-25(16-20-3-7-22(8-4-20)27-2-1-15-34-29(27)33)31(40)37-26-13-11-24(12-14-26)30-35-19-36-38-30/h1-4,7-8,11-15,21,23,25H,5-6,9-10,16-19,32H2,(H2,33,34)(H,37,40)/t21?,23?,25-/m1/s1. The molecule has 1 saturated carbocycles. The second kappa shape index (κ2) is 12.7. The summed E-state index contributed by atoms with van der Waals surface area (Å²) in [7, 11) is 0. The lowest BCUT2D eigenvalue weighted by Crippen LogP contribution is -2.31. The van der Waals surface area contributed by atoms with Crippen LogP contribution in [-0.2, 0) is 16.0 Å². The lowest BCUT2D eigenvalue weighted by Gasteiger charge is -2.27. The van der Waals surface area contributed by atoms with Crippen molar-refractivity contribution in [3.8, 4) is 11.1 Å². The molecule has 3 aromatic rings. The quantitative estimate of drug-likeness (QED) is 0.332. The van der Waals surface area contributed by atoms with E-state index in [0.29, 0.717) is 42.9 Å². The summed E-state index contributed by atoms with van der Waals surface area (Å²) >= 11 is 0. The zero-order valence-corrected chi connectivity index (χ0v) is 22.5. The van der Waals surface area contributed by atoms with Gasteiger partial charge in [-0.3, -0.25) is 9.59 Å². The average Bonchev–Trinajstić information content (AvgIpc) is 3.53. The first-order valence-electron chi connectivity index (χ1n) is 13.9. The largest absolute Gasteiger partial charge is 0.383 e. The van der Waals surface area contributed by atoms with Crippen LogP contribution in [0, 0.1) is 17.8 Å². The maximum Gasteiger partial charge on any atom is 0.228 e. The van der Waals surface area contributed by atoms with Crippen molar-refractivity contribution < 1.29 is 9.59 Å². The summed E-state index contributed by atoms with van der Waals surface area (Å²) < 4.78 is 0.